The molecule has 18 heavy (non-hydrogen) atoms. The van der Waals surface area contributed by atoms with Crippen molar-refractivity contribution < 1.29 is 4.79 Å². The normalized spacial score (nSPS) is 22.9. The predicted molar refractivity (Wildman–Crippen MR) is 74.4 cm³/mol. The van der Waals surface area contributed by atoms with Gasteiger partial charge in [0.2, 0.25) is 5.91 Å². The molecular formula is C15H28N2O. The van der Waals surface area contributed by atoms with Gasteiger partial charge in [-0.05, 0) is 37.0 Å². The Labute approximate surface area is 111 Å². The highest BCUT2D eigenvalue weighted by Gasteiger charge is 2.44. The molecule has 0 unspecified atom stereocenters. The van der Waals surface area contributed by atoms with Crippen molar-refractivity contribution in [1.29, 1.82) is 0 Å². The van der Waals surface area contributed by atoms with Gasteiger partial charge in [0, 0.05) is 19.6 Å². The first-order chi connectivity index (χ1) is 8.64. The summed E-state index contributed by atoms with van der Waals surface area (Å²) in [5.74, 6) is 1.04. The van der Waals surface area contributed by atoms with Gasteiger partial charge < -0.3 is 10.2 Å². The average molecular weight is 252 g/mol. The van der Waals surface area contributed by atoms with Crippen LogP contribution < -0.4 is 5.32 Å². The van der Waals surface area contributed by atoms with Crippen molar-refractivity contribution in [2.45, 2.75) is 52.4 Å². The first-order valence-electron chi connectivity index (χ1n) is 7.62. The van der Waals surface area contributed by atoms with Crippen LogP contribution in [-0.2, 0) is 4.79 Å². The Morgan fingerprint density at radius 3 is 2.28 bits per heavy atom. The second-order valence-electron chi connectivity index (χ2n) is 6.42. The van der Waals surface area contributed by atoms with Crippen LogP contribution in [0, 0.1) is 11.3 Å². The minimum atomic E-state index is 0.302. The Morgan fingerprint density at radius 2 is 1.78 bits per heavy atom. The fourth-order valence-electron chi connectivity index (χ4n) is 2.97. The lowest BCUT2D eigenvalue weighted by atomic mass is 9.92. The van der Waals surface area contributed by atoms with E-state index in [2.05, 4.69) is 24.1 Å². The van der Waals surface area contributed by atoms with Gasteiger partial charge in [0.15, 0.2) is 0 Å². The minimum absolute atomic E-state index is 0.302. The van der Waals surface area contributed by atoms with Crippen molar-refractivity contribution in [2.75, 3.05) is 26.2 Å². The Balaban J connectivity index is 1.68. The fourth-order valence-corrected chi connectivity index (χ4v) is 2.97. The molecular weight excluding hydrogens is 224 g/mol. The number of amides is 1. The van der Waals surface area contributed by atoms with Crippen LogP contribution in [0.2, 0.25) is 0 Å². The zero-order valence-corrected chi connectivity index (χ0v) is 12.0. The average Bonchev–Trinajstić information content (AvgIpc) is 3.13. The lowest BCUT2D eigenvalue weighted by molar-refractivity contribution is -0.130. The maximum atomic E-state index is 12.1. The van der Waals surface area contributed by atoms with E-state index in [-0.39, 0.29) is 0 Å². The summed E-state index contributed by atoms with van der Waals surface area (Å²) < 4.78 is 0. The number of carbonyl (C=O) groups excluding carboxylic acids is 1. The van der Waals surface area contributed by atoms with Gasteiger partial charge in [0.25, 0.3) is 0 Å². The van der Waals surface area contributed by atoms with Gasteiger partial charge in [0.1, 0.15) is 0 Å². The molecule has 1 aliphatic heterocycles. The molecule has 0 spiro atoms. The molecule has 0 aromatic rings. The molecule has 0 aromatic carbocycles. The molecule has 1 saturated carbocycles. The molecule has 2 fully saturated rings. The SMILES string of the molecule is CC(C)C1(CNCC(=O)N2CCCCCC2)CC1. The maximum absolute atomic E-state index is 12.1. The third kappa shape index (κ3) is 3.47. The van der Waals surface area contributed by atoms with Crippen LogP contribution in [-0.4, -0.2) is 37.0 Å². The molecule has 104 valence electrons. The van der Waals surface area contributed by atoms with Gasteiger partial charge in [-0.3, -0.25) is 4.79 Å². The van der Waals surface area contributed by atoms with Crippen LogP contribution in [0.25, 0.3) is 0 Å². The predicted octanol–water partition coefficient (Wildman–Crippen LogP) is 2.41. The second-order valence-corrected chi connectivity index (χ2v) is 6.42. The Bertz CT molecular complexity index is 276. The number of likely N-dealkylation sites (tertiary alicyclic amines) is 1. The number of rotatable bonds is 5. The first kappa shape index (κ1) is 13.9. The van der Waals surface area contributed by atoms with Gasteiger partial charge >= 0.3 is 0 Å². The number of carbonyl (C=O) groups is 1. The van der Waals surface area contributed by atoms with Crippen LogP contribution in [0.15, 0.2) is 0 Å². The Hall–Kier alpha value is -0.570. The van der Waals surface area contributed by atoms with Crippen LogP contribution in [0.5, 0.6) is 0 Å². The highest BCUT2D eigenvalue weighted by molar-refractivity contribution is 5.78. The van der Waals surface area contributed by atoms with E-state index in [1.165, 1.54) is 38.5 Å². The first-order valence-corrected chi connectivity index (χ1v) is 7.62. The summed E-state index contributed by atoms with van der Waals surface area (Å²) in [6.45, 7) is 8.08. The summed E-state index contributed by atoms with van der Waals surface area (Å²) in [5, 5.41) is 3.40. The topological polar surface area (TPSA) is 32.3 Å². The minimum Gasteiger partial charge on any atom is -0.342 e. The summed E-state index contributed by atoms with van der Waals surface area (Å²) in [4.78, 5) is 14.1. The van der Waals surface area contributed by atoms with E-state index in [9.17, 15) is 4.79 Å². The van der Waals surface area contributed by atoms with Crippen molar-refractivity contribution in [2.24, 2.45) is 11.3 Å². The monoisotopic (exact) mass is 252 g/mol. The van der Waals surface area contributed by atoms with E-state index in [1.54, 1.807) is 0 Å². The molecule has 1 saturated heterocycles. The zero-order chi connectivity index (χ0) is 13.0. The standard InChI is InChI=1S/C15H28N2O/c1-13(2)15(7-8-15)12-16-11-14(18)17-9-5-3-4-6-10-17/h13,16H,3-12H2,1-2H3. The summed E-state index contributed by atoms with van der Waals surface area (Å²) in [5.41, 5.74) is 0.499. The van der Waals surface area contributed by atoms with Crippen LogP contribution in [0.4, 0.5) is 0 Å². The molecule has 0 aromatic heterocycles. The molecule has 1 heterocycles. The molecule has 3 heteroatoms. The maximum Gasteiger partial charge on any atom is 0.236 e. The van der Waals surface area contributed by atoms with Crippen LogP contribution in [0.1, 0.15) is 52.4 Å². The summed E-state index contributed by atoms with van der Waals surface area (Å²) in [7, 11) is 0. The van der Waals surface area contributed by atoms with Crippen molar-refractivity contribution in [3.8, 4) is 0 Å². The van der Waals surface area contributed by atoms with Gasteiger partial charge in [-0.15, -0.1) is 0 Å². The Kier molecular flexibility index (Phi) is 4.66. The quantitative estimate of drug-likeness (QED) is 0.815. The van der Waals surface area contributed by atoms with Gasteiger partial charge in [-0.25, -0.2) is 0 Å². The lowest BCUT2D eigenvalue weighted by Gasteiger charge is -2.23. The summed E-state index contributed by atoms with van der Waals surface area (Å²) >= 11 is 0. The molecule has 3 nitrogen and oxygen atoms in total. The van der Waals surface area contributed by atoms with E-state index in [4.69, 9.17) is 0 Å². The van der Waals surface area contributed by atoms with E-state index in [1.807, 2.05) is 0 Å². The highest BCUT2D eigenvalue weighted by Crippen LogP contribution is 2.51. The third-order valence-corrected chi connectivity index (χ3v) is 4.83. The molecule has 0 bridgehead atoms. The number of nitrogens with zero attached hydrogens (tertiary/aromatic N) is 1. The van der Waals surface area contributed by atoms with E-state index in [0.717, 1.165) is 25.6 Å². The van der Waals surface area contributed by atoms with Crippen molar-refractivity contribution in [1.82, 2.24) is 10.2 Å². The Morgan fingerprint density at radius 1 is 1.17 bits per heavy atom. The van der Waals surface area contributed by atoms with Crippen molar-refractivity contribution in [3.63, 3.8) is 0 Å². The van der Waals surface area contributed by atoms with E-state index in [0.29, 0.717) is 17.9 Å². The number of nitrogens with one attached hydrogen (secondary N) is 1. The van der Waals surface area contributed by atoms with Gasteiger partial charge in [-0.1, -0.05) is 26.7 Å². The number of hydrogen-bond acceptors (Lipinski definition) is 2. The van der Waals surface area contributed by atoms with Crippen molar-refractivity contribution in [3.05, 3.63) is 0 Å². The lowest BCUT2D eigenvalue weighted by Crippen LogP contribution is -2.40. The third-order valence-electron chi connectivity index (χ3n) is 4.83. The smallest absolute Gasteiger partial charge is 0.236 e. The molecule has 0 atom stereocenters. The molecule has 1 N–H and O–H groups in total. The van der Waals surface area contributed by atoms with Crippen LogP contribution in [0.3, 0.4) is 0 Å². The van der Waals surface area contributed by atoms with Crippen molar-refractivity contribution >= 4 is 5.91 Å². The molecule has 2 aliphatic rings. The molecule has 0 radical (unpaired) electrons. The summed E-state index contributed by atoms with van der Waals surface area (Å²) in [6.07, 6.45) is 7.59. The molecule has 1 aliphatic carbocycles. The highest BCUT2D eigenvalue weighted by atomic mass is 16.2. The summed E-state index contributed by atoms with van der Waals surface area (Å²) in [6, 6.07) is 0. The van der Waals surface area contributed by atoms with E-state index >= 15 is 0 Å². The number of hydrogen-bond donors (Lipinski definition) is 1. The van der Waals surface area contributed by atoms with Crippen LogP contribution >= 0.6 is 0 Å². The van der Waals surface area contributed by atoms with Gasteiger partial charge in [-0.2, -0.15) is 0 Å². The second kappa shape index (κ2) is 6.05. The van der Waals surface area contributed by atoms with Gasteiger partial charge in [0.05, 0.1) is 6.54 Å². The molecule has 2 rings (SSSR count). The fraction of sp³-hybridized carbons (Fsp3) is 0.933. The largest absolute Gasteiger partial charge is 0.342 e. The zero-order valence-electron chi connectivity index (χ0n) is 12.0. The molecule has 1 amide bonds. The van der Waals surface area contributed by atoms with E-state index < -0.39 is 0 Å².